The van der Waals surface area contributed by atoms with Gasteiger partial charge in [-0.25, -0.2) is 4.68 Å². The molecule has 2 heterocycles. The van der Waals surface area contributed by atoms with E-state index in [4.69, 9.17) is 0 Å². The van der Waals surface area contributed by atoms with Crippen LogP contribution in [-0.2, 0) is 11.3 Å². The molecule has 2 aromatic rings. The van der Waals surface area contributed by atoms with Crippen LogP contribution < -0.4 is 0 Å². The van der Waals surface area contributed by atoms with Crippen LogP contribution in [0.5, 0.6) is 0 Å². The highest BCUT2D eigenvalue weighted by atomic mass is 32.2. The molecule has 0 aliphatic carbocycles. The molecule has 0 radical (unpaired) electrons. The van der Waals surface area contributed by atoms with Crippen molar-refractivity contribution < 1.29 is 4.79 Å². The normalized spacial score (nSPS) is 15.6. The number of amides is 1. The lowest BCUT2D eigenvalue weighted by molar-refractivity contribution is -0.130. The zero-order chi connectivity index (χ0) is 18.5. The Labute approximate surface area is 158 Å². The molecule has 0 unspecified atom stereocenters. The van der Waals surface area contributed by atoms with Crippen molar-refractivity contribution in [2.24, 2.45) is 0 Å². The summed E-state index contributed by atoms with van der Waals surface area (Å²) in [5.74, 6) is 0.536. The van der Waals surface area contributed by atoms with Gasteiger partial charge < -0.3 is 4.90 Å². The van der Waals surface area contributed by atoms with Crippen molar-refractivity contribution >= 4 is 17.7 Å². The number of aryl methyl sites for hydroxylation is 1. The van der Waals surface area contributed by atoms with Gasteiger partial charge in [0.05, 0.1) is 11.8 Å². The molecule has 0 saturated carbocycles. The van der Waals surface area contributed by atoms with Crippen molar-refractivity contribution in [2.45, 2.75) is 38.5 Å². The quantitative estimate of drug-likeness (QED) is 0.721. The predicted molar refractivity (Wildman–Crippen MR) is 102 cm³/mol. The summed E-state index contributed by atoms with van der Waals surface area (Å²) in [5, 5.41) is 12.4. The molecule has 26 heavy (non-hydrogen) atoms. The molecular weight excluding hydrogens is 348 g/mol. The molecule has 1 aromatic carbocycles. The molecule has 1 aromatic heterocycles. The Balaban J connectivity index is 1.46. The van der Waals surface area contributed by atoms with Gasteiger partial charge in [-0.05, 0) is 42.3 Å². The molecule has 0 bridgehead atoms. The van der Waals surface area contributed by atoms with Crippen molar-refractivity contribution in [1.82, 2.24) is 30.0 Å². The third-order valence-corrected chi connectivity index (χ3v) is 5.57. The monoisotopic (exact) mass is 374 g/mol. The Morgan fingerprint density at radius 3 is 2.62 bits per heavy atom. The third-order valence-electron chi connectivity index (χ3n) is 4.66. The van der Waals surface area contributed by atoms with E-state index in [1.54, 1.807) is 4.68 Å². The largest absolute Gasteiger partial charge is 0.339 e. The zero-order valence-electron chi connectivity index (χ0n) is 15.6. The predicted octanol–water partition coefficient (Wildman–Crippen LogP) is 2.00. The Morgan fingerprint density at radius 1 is 1.19 bits per heavy atom. The maximum Gasteiger partial charge on any atom is 0.233 e. The van der Waals surface area contributed by atoms with Crippen LogP contribution in [-0.4, -0.2) is 67.8 Å². The highest BCUT2D eigenvalue weighted by Crippen LogP contribution is 2.18. The van der Waals surface area contributed by atoms with Gasteiger partial charge >= 0.3 is 0 Å². The van der Waals surface area contributed by atoms with E-state index in [2.05, 4.69) is 51.6 Å². The van der Waals surface area contributed by atoms with Gasteiger partial charge in [0.1, 0.15) is 0 Å². The zero-order valence-corrected chi connectivity index (χ0v) is 16.4. The lowest BCUT2D eigenvalue weighted by atomic mass is 10.1. The summed E-state index contributed by atoms with van der Waals surface area (Å²) in [6.45, 7) is 10.5. The minimum atomic E-state index is 0.156. The molecule has 0 spiro atoms. The molecule has 1 aliphatic heterocycles. The average Bonchev–Trinajstić information content (AvgIpc) is 3.11. The van der Waals surface area contributed by atoms with Gasteiger partial charge in [-0.15, -0.1) is 5.10 Å². The molecule has 1 aliphatic rings. The van der Waals surface area contributed by atoms with Gasteiger partial charge in [0.15, 0.2) is 0 Å². The van der Waals surface area contributed by atoms with Gasteiger partial charge in [-0.3, -0.25) is 9.69 Å². The first kappa shape index (κ1) is 18.8. The first-order valence-electron chi connectivity index (χ1n) is 9.00. The number of tetrazole rings is 1. The number of hydrogen-bond acceptors (Lipinski definition) is 6. The number of hydrogen-bond donors (Lipinski definition) is 0. The van der Waals surface area contributed by atoms with Crippen molar-refractivity contribution in [3.05, 3.63) is 35.4 Å². The van der Waals surface area contributed by atoms with E-state index in [9.17, 15) is 4.79 Å². The van der Waals surface area contributed by atoms with Gasteiger partial charge in [-0.1, -0.05) is 36.0 Å². The number of nitrogens with zero attached hydrogens (tertiary/aromatic N) is 6. The number of thioether (sulfide) groups is 1. The number of rotatable bonds is 6. The average molecular weight is 375 g/mol. The molecule has 1 amide bonds. The van der Waals surface area contributed by atoms with Crippen LogP contribution in [0.25, 0.3) is 0 Å². The summed E-state index contributed by atoms with van der Waals surface area (Å²) in [4.78, 5) is 16.9. The molecule has 1 saturated heterocycles. The summed E-state index contributed by atoms with van der Waals surface area (Å²) in [7, 11) is 0. The van der Waals surface area contributed by atoms with Crippen LogP contribution in [0.2, 0.25) is 0 Å². The van der Waals surface area contributed by atoms with E-state index in [-0.39, 0.29) is 11.9 Å². The Morgan fingerprint density at radius 2 is 1.92 bits per heavy atom. The molecule has 0 atom stereocenters. The van der Waals surface area contributed by atoms with Crippen LogP contribution in [0.1, 0.15) is 31.0 Å². The Hall–Kier alpha value is -1.93. The van der Waals surface area contributed by atoms with Crippen molar-refractivity contribution in [3.63, 3.8) is 0 Å². The standard InChI is InChI=1S/C18H26N6OS/c1-14(2)24-18(19-20-21-24)26-13-17(25)23-10-8-22(9-11-23)12-16-7-5-4-6-15(16)3/h4-7,14H,8-13H2,1-3H3. The number of carbonyl (C=O) groups is 1. The molecular formula is C18H26N6OS. The maximum absolute atomic E-state index is 12.5. The first-order valence-corrected chi connectivity index (χ1v) is 9.98. The second kappa shape index (κ2) is 8.64. The fourth-order valence-corrected chi connectivity index (χ4v) is 3.91. The van der Waals surface area contributed by atoms with Crippen LogP contribution in [0.3, 0.4) is 0 Å². The molecule has 7 nitrogen and oxygen atoms in total. The van der Waals surface area contributed by atoms with Gasteiger partial charge in [-0.2, -0.15) is 0 Å². The van der Waals surface area contributed by atoms with E-state index in [1.807, 2.05) is 18.7 Å². The minimum Gasteiger partial charge on any atom is -0.339 e. The first-order chi connectivity index (χ1) is 12.5. The molecule has 140 valence electrons. The fraction of sp³-hybridized carbons (Fsp3) is 0.556. The van der Waals surface area contributed by atoms with Crippen LogP contribution in [0.4, 0.5) is 0 Å². The van der Waals surface area contributed by atoms with E-state index in [0.717, 1.165) is 32.7 Å². The number of aromatic nitrogens is 4. The number of piperazine rings is 1. The van der Waals surface area contributed by atoms with Crippen LogP contribution in [0.15, 0.2) is 29.4 Å². The second-order valence-electron chi connectivity index (χ2n) is 6.87. The molecule has 8 heteroatoms. The van der Waals surface area contributed by atoms with E-state index in [0.29, 0.717) is 10.9 Å². The summed E-state index contributed by atoms with van der Waals surface area (Å²) in [5.41, 5.74) is 2.69. The van der Waals surface area contributed by atoms with Gasteiger partial charge in [0, 0.05) is 32.7 Å². The Bertz CT molecular complexity index is 739. The summed E-state index contributed by atoms with van der Waals surface area (Å²) < 4.78 is 1.75. The lowest BCUT2D eigenvalue weighted by Gasteiger charge is -2.35. The maximum atomic E-state index is 12.5. The summed E-state index contributed by atoms with van der Waals surface area (Å²) >= 11 is 1.41. The van der Waals surface area contributed by atoms with Crippen LogP contribution >= 0.6 is 11.8 Å². The number of carbonyl (C=O) groups excluding carboxylic acids is 1. The highest BCUT2D eigenvalue weighted by molar-refractivity contribution is 7.99. The van der Waals surface area contributed by atoms with E-state index >= 15 is 0 Å². The molecule has 0 N–H and O–H groups in total. The van der Waals surface area contributed by atoms with E-state index < -0.39 is 0 Å². The summed E-state index contributed by atoms with van der Waals surface area (Å²) in [6.07, 6.45) is 0. The number of benzene rings is 1. The fourth-order valence-electron chi connectivity index (χ4n) is 3.01. The Kier molecular flexibility index (Phi) is 6.26. The topological polar surface area (TPSA) is 67.2 Å². The second-order valence-corrected chi connectivity index (χ2v) is 7.81. The third kappa shape index (κ3) is 4.62. The lowest BCUT2D eigenvalue weighted by Crippen LogP contribution is -2.48. The minimum absolute atomic E-state index is 0.156. The van der Waals surface area contributed by atoms with Crippen molar-refractivity contribution in [1.29, 1.82) is 0 Å². The SMILES string of the molecule is Cc1ccccc1CN1CCN(C(=O)CSc2nnnn2C(C)C)CC1. The summed E-state index contributed by atoms with van der Waals surface area (Å²) in [6, 6.07) is 8.68. The molecule has 1 fully saturated rings. The van der Waals surface area contributed by atoms with Crippen molar-refractivity contribution in [3.8, 4) is 0 Å². The highest BCUT2D eigenvalue weighted by Gasteiger charge is 2.22. The molecule has 3 rings (SSSR count). The van der Waals surface area contributed by atoms with Crippen molar-refractivity contribution in [2.75, 3.05) is 31.9 Å². The van der Waals surface area contributed by atoms with E-state index in [1.165, 1.54) is 22.9 Å². The van der Waals surface area contributed by atoms with Gasteiger partial charge in [0.2, 0.25) is 11.1 Å². The van der Waals surface area contributed by atoms with Crippen LogP contribution in [0, 0.1) is 6.92 Å². The van der Waals surface area contributed by atoms with Gasteiger partial charge in [0.25, 0.3) is 0 Å². The smallest absolute Gasteiger partial charge is 0.233 e.